The van der Waals surface area contributed by atoms with E-state index in [-0.39, 0.29) is 0 Å². The number of thiophene rings is 1. The van der Waals surface area contributed by atoms with Crippen molar-refractivity contribution in [3.05, 3.63) is 20.8 Å². The maximum Gasteiger partial charge on any atom is 0.0441 e. The van der Waals surface area contributed by atoms with E-state index in [4.69, 9.17) is 0 Å². The molecule has 1 aliphatic rings. The maximum atomic E-state index is 3.48. The molecule has 1 fully saturated rings. The van der Waals surface area contributed by atoms with Crippen molar-refractivity contribution in [2.45, 2.75) is 18.9 Å². The first-order valence-corrected chi connectivity index (χ1v) is 5.89. The van der Waals surface area contributed by atoms with E-state index in [1.165, 1.54) is 22.2 Å². The van der Waals surface area contributed by atoms with Crippen molar-refractivity contribution in [1.82, 2.24) is 5.32 Å². The number of hydrogen-bond acceptors (Lipinski definition) is 2. The summed E-state index contributed by atoms with van der Waals surface area (Å²) in [6, 6.07) is 2.82. The second-order valence-corrected chi connectivity index (χ2v) is 5.13. The molecule has 3 heteroatoms. The van der Waals surface area contributed by atoms with Crippen LogP contribution in [0.25, 0.3) is 0 Å². The summed E-state index contributed by atoms with van der Waals surface area (Å²) in [7, 11) is 2.05. The summed E-state index contributed by atoms with van der Waals surface area (Å²) in [5.74, 6) is 0.889. The molecule has 1 nitrogen and oxygen atoms in total. The molecule has 0 amide bonds. The molecule has 2 rings (SSSR count). The predicted molar refractivity (Wildman–Crippen MR) is 56.5 cm³/mol. The highest BCUT2D eigenvalue weighted by Crippen LogP contribution is 2.42. The molecule has 12 heavy (non-hydrogen) atoms. The average molecular weight is 246 g/mol. The third-order valence-electron chi connectivity index (χ3n) is 2.30. The van der Waals surface area contributed by atoms with E-state index in [9.17, 15) is 0 Å². The van der Waals surface area contributed by atoms with Gasteiger partial charge in [0.25, 0.3) is 0 Å². The topological polar surface area (TPSA) is 12.0 Å². The van der Waals surface area contributed by atoms with Crippen molar-refractivity contribution in [3.8, 4) is 0 Å². The van der Waals surface area contributed by atoms with Gasteiger partial charge < -0.3 is 5.32 Å². The first-order valence-electron chi connectivity index (χ1n) is 4.22. The Morgan fingerprint density at radius 2 is 2.42 bits per heavy atom. The van der Waals surface area contributed by atoms with E-state index in [1.807, 2.05) is 11.3 Å². The van der Waals surface area contributed by atoms with Crippen LogP contribution in [0.5, 0.6) is 0 Å². The molecule has 0 spiro atoms. The zero-order valence-electron chi connectivity index (χ0n) is 7.01. The highest BCUT2D eigenvalue weighted by atomic mass is 79.9. The second-order valence-electron chi connectivity index (χ2n) is 3.27. The minimum atomic E-state index is 0.598. The largest absolute Gasteiger partial charge is 0.312 e. The molecule has 0 aromatic carbocycles. The number of halogens is 1. The van der Waals surface area contributed by atoms with Crippen molar-refractivity contribution in [3.63, 3.8) is 0 Å². The molecule has 66 valence electrons. The first-order chi connectivity index (χ1) is 5.81. The van der Waals surface area contributed by atoms with E-state index in [0.717, 1.165) is 5.92 Å². The Labute approximate surface area is 85.3 Å². The zero-order valence-corrected chi connectivity index (χ0v) is 9.41. The van der Waals surface area contributed by atoms with Gasteiger partial charge in [-0.1, -0.05) is 0 Å². The Morgan fingerprint density at radius 1 is 1.67 bits per heavy atom. The van der Waals surface area contributed by atoms with Crippen LogP contribution in [0.1, 0.15) is 23.8 Å². The lowest BCUT2D eigenvalue weighted by molar-refractivity contribution is 0.537. The highest BCUT2D eigenvalue weighted by Gasteiger charge is 2.31. The SMILES string of the molecule is CNC(c1cc(Br)cs1)C1CC1. The van der Waals surface area contributed by atoms with Gasteiger partial charge in [0.15, 0.2) is 0 Å². The fourth-order valence-electron chi connectivity index (χ4n) is 1.53. The Kier molecular flexibility index (Phi) is 2.53. The average Bonchev–Trinajstić information content (AvgIpc) is 2.78. The van der Waals surface area contributed by atoms with Crippen molar-refractivity contribution >= 4 is 27.3 Å². The van der Waals surface area contributed by atoms with Gasteiger partial charge in [0.1, 0.15) is 0 Å². The number of hydrogen-bond donors (Lipinski definition) is 1. The van der Waals surface area contributed by atoms with Crippen LogP contribution in [0, 0.1) is 5.92 Å². The van der Waals surface area contributed by atoms with E-state index in [2.05, 4.69) is 39.7 Å². The summed E-state index contributed by atoms with van der Waals surface area (Å²) in [4.78, 5) is 1.46. The van der Waals surface area contributed by atoms with Crippen LogP contribution in [-0.4, -0.2) is 7.05 Å². The Bertz CT molecular complexity index is 267. The molecule has 1 aromatic heterocycles. The molecule has 1 saturated carbocycles. The van der Waals surface area contributed by atoms with Crippen LogP contribution < -0.4 is 5.32 Å². The second kappa shape index (κ2) is 3.48. The van der Waals surface area contributed by atoms with Gasteiger partial charge in [-0.25, -0.2) is 0 Å². The number of nitrogens with one attached hydrogen (secondary N) is 1. The van der Waals surface area contributed by atoms with Crippen LogP contribution in [0.3, 0.4) is 0 Å². The normalized spacial score (nSPS) is 19.5. The van der Waals surface area contributed by atoms with Crippen molar-refractivity contribution in [2.24, 2.45) is 5.92 Å². The predicted octanol–water partition coefficient (Wildman–Crippen LogP) is 3.18. The van der Waals surface area contributed by atoms with Crippen LogP contribution in [-0.2, 0) is 0 Å². The summed E-state index contributed by atoms with van der Waals surface area (Å²) in [6.07, 6.45) is 2.78. The van der Waals surface area contributed by atoms with Crippen molar-refractivity contribution in [1.29, 1.82) is 0 Å². The third kappa shape index (κ3) is 1.73. The van der Waals surface area contributed by atoms with Gasteiger partial charge in [-0.2, -0.15) is 0 Å². The molecular formula is C9H12BrNS. The van der Waals surface area contributed by atoms with Crippen molar-refractivity contribution < 1.29 is 0 Å². The highest BCUT2D eigenvalue weighted by molar-refractivity contribution is 9.10. The van der Waals surface area contributed by atoms with E-state index in [1.54, 1.807) is 0 Å². The van der Waals surface area contributed by atoms with Crippen LogP contribution in [0.4, 0.5) is 0 Å². The van der Waals surface area contributed by atoms with Crippen LogP contribution >= 0.6 is 27.3 Å². The molecule has 1 aromatic rings. The molecule has 1 atom stereocenters. The van der Waals surface area contributed by atoms with Gasteiger partial charge in [-0.15, -0.1) is 11.3 Å². The molecule has 1 aliphatic carbocycles. The minimum Gasteiger partial charge on any atom is -0.312 e. The molecule has 0 bridgehead atoms. The number of rotatable bonds is 3. The Morgan fingerprint density at radius 3 is 2.83 bits per heavy atom. The molecule has 1 unspecified atom stereocenters. The Hall–Kier alpha value is 0.140. The van der Waals surface area contributed by atoms with Gasteiger partial charge in [-0.3, -0.25) is 0 Å². The van der Waals surface area contributed by atoms with E-state index >= 15 is 0 Å². The molecular weight excluding hydrogens is 234 g/mol. The summed E-state index contributed by atoms with van der Waals surface area (Å²) < 4.78 is 1.21. The monoisotopic (exact) mass is 245 g/mol. The molecule has 1 heterocycles. The summed E-state index contributed by atoms with van der Waals surface area (Å²) in [5.41, 5.74) is 0. The first kappa shape index (κ1) is 8.73. The molecule has 0 saturated heterocycles. The van der Waals surface area contributed by atoms with Crippen LogP contribution in [0.15, 0.2) is 15.9 Å². The lowest BCUT2D eigenvalue weighted by Crippen LogP contribution is -2.16. The Balaban J connectivity index is 2.15. The zero-order chi connectivity index (χ0) is 8.55. The molecule has 0 aliphatic heterocycles. The van der Waals surface area contributed by atoms with Gasteiger partial charge in [-0.05, 0) is 47.8 Å². The molecule has 0 radical (unpaired) electrons. The lowest BCUT2D eigenvalue weighted by Gasteiger charge is -2.12. The minimum absolute atomic E-state index is 0.598. The van der Waals surface area contributed by atoms with E-state index < -0.39 is 0 Å². The molecule has 1 N–H and O–H groups in total. The van der Waals surface area contributed by atoms with Crippen LogP contribution in [0.2, 0.25) is 0 Å². The van der Waals surface area contributed by atoms with Gasteiger partial charge >= 0.3 is 0 Å². The summed E-state index contributed by atoms with van der Waals surface area (Å²) in [6.45, 7) is 0. The van der Waals surface area contributed by atoms with Gasteiger partial charge in [0.2, 0.25) is 0 Å². The summed E-state index contributed by atoms with van der Waals surface area (Å²) >= 11 is 5.32. The third-order valence-corrected chi connectivity index (χ3v) is 4.08. The quantitative estimate of drug-likeness (QED) is 0.863. The summed E-state index contributed by atoms with van der Waals surface area (Å²) in [5, 5.41) is 5.54. The van der Waals surface area contributed by atoms with E-state index in [0.29, 0.717) is 6.04 Å². The van der Waals surface area contributed by atoms with Gasteiger partial charge in [0, 0.05) is 20.8 Å². The smallest absolute Gasteiger partial charge is 0.0441 e. The standard InChI is InChI=1S/C9H12BrNS/c1-11-9(6-2-3-6)8-4-7(10)5-12-8/h4-6,9,11H,2-3H2,1H3. The fraction of sp³-hybridized carbons (Fsp3) is 0.556. The lowest BCUT2D eigenvalue weighted by atomic mass is 10.1. The van der Waals surface area contributed by atoms with Crippen molar-refractivity contribution in [2.75, 3.05) is 7.05 Å². The maximum absolute atomic E-state index is 3.48. The van der Waals surface area contributed by atoms with Gasteiger partial charge in [0.05, 0.1) is 0 Å². The fourth-order valence-corrected chi connectivity index (χ4v) is 3.18.